The lowest BCUT2D eigenvalue weighted by Gasteiger charge is -2.23. The van der Waals surface area contributed by atoms with Gasteiger partial charge in [-0.2, -0.15) is 5.10 Å². The van der Waals surface area contributed by atoms with E-state index < -0.39 is 11.9 Å². The van der Waals surface area contributed by atoms with Crippen LogP contribution in [0.2, 0.25) is 0 Å². The molecule has 144 valence electrons. The number of furan rings is 1. The van der Waals surface area contributed by atoms with E-state index in [2.05, 4.69) is 5.10 Å². The Hall–Kier alpha value is -3.35. The number of aryl methyl sites for hydroxylation is 1. The molecule has 0 aliphatic carbocycles. The molecule has 1 N–H and O–H groups in total. The molecular formula is C21H21N3O4. The van der Waals surface area contributed by atoms with Crippen LogP contribution in [0.5, 0.6) is 0 Å². The number of carbonyl (C=O) groups excluding carboxylic acids is 1. The Kier molecular flexibility index (Phi) is 4.50. The van der Waals surface area contributed by atoms with Gasteiger partial charge in [-0.1, -0.05) is 18.2 Å². The van der Waals surface area contributed by atoms with Crippen molar-refractivity contribution in [2.75, 3.05) is 6.54 Å². The first-order chi connectivity index (χ1) is 13.5. The van der Waals surface area contributed by atoms with Crippen LogP contribution >= 0.6 is 0 Å². The number of hydrogen-bond donors (Lipinski definition) is 1. The van der Waals surface area contributed by atoms with E-state index in [4.69, 9.17) is 4.42 Å². The Labute approximate surface area is 162 Å². The highest BCUT2D eigenvalue weighted by Gasteiger charge is 2.39. The number of para-hydroxylation sites is 1. The van der Waals surface area contributed by atoms with Crippen LogP contribution in [-0.2, 0) is 4.79 Å². The molecule has 1 amide bonds. The lowest BCUT2D eigenvalue weighted by atomic mass is 10.0. The molecule has 1 saturated heterocycles. The number of aromatic nitrogens is 2. The minimum Gasteiger partial charge on any atom is -0.481 e. The van der Waals surface area contributed by atoms with Crippen molar-refractivity contribution < 1.29 is 19.1 Å². The molecule has 1 fully saturated rings. The van der Waals surface area contributed by atoms with E-state index in [0.29, 0.717) is 30.0 Å². The zero-order valence-electron chi connectivity index (χ0n) is 15.7. The highest BCUT2D eigenvalue weighted by atomic mass is 16.4. The predicted octanol–water partition coefficient (Wildman–Crippen LogP) is 3.38. The maximum absolute atomic E-state index is 13.3. The zero-order valence-corrected chi connectivity index (χ0v) is 15.7. The third-order valence-electron chi connectivity index (χ3n) is 5.27. The smallest absolute Gasteiger partial charge is 0.308 e. The topological polar surface area (TPSA) is 88.6 Å². The van der Waals surface area contributed by atoms with Gasteiger partial charge in [0.05, 0.1) is 17.2 Å². The minimum absolute atomic E-state index is 0.234. The molecule has 1 aliphatic heterocycles. The zero-order chi connectivity index (χ0) is 19.8. The van der Waals surface area contributed by atoms with Crippen molar-refractivity contribution in [3.63, 3.8) is 0 Å². The number of carbonyl (C=O) groups is 2. The summed E-state index contributed by atoms with van der Waals surface area (Å²) in [5.41, 5.74) is 1.67. The average Bonchev–Trinajstić information content (AvgIpc) is 3.39. The molecule has 3 heterocycles. The van der Waals surface area contributed by atoms with Gasteiger partial charge in [-0.3, -0.25) is 9.59 Å². The summed E-state index contributed by atoms with van der Waals surface area (Å²) in [6.07, 6.45) is 2.13. The maximum Gasteiger partial charge on any atom is 0.308 e. The first kappa shape index (κ1) is 18.0. The van der Waals surface area contributed by atoms with E-state index in [9.17, 15) is 14.7 Å². The molecule has 0 spiro atoms. The van der Waals surface area contributed by atoms with Crippen LogP contribution in [0.1, 0.15) is 29.5 Å². The van der Waals surface area contributed by atoms with Gasteiger partial charge in [0.25, 0.3) is 5.91 Å². The maximum atomic E-state index is 13.3. The lowest BCUT2D eigenvalue weighted by Crippen LogP contribution is -2.37. The number of benzene rings is 1. The summed E-state index contributed by atoms with van der Waals surface area (Å²) < 4.78 is 7.37. The van der Waals surface area contributed by atoms with Gasteiger partial charge >= 0.3 is 5.97 Å². The molecule has 0 radical (unpaired) electrons. The summed E-state index contributed by atoms with van der Waals surface area (Å²) in [5.74, 6) is -0.421. The normalized spacial score (nSPS) is 19.1. The molecule has 3 aromatic rings. The number of rotatable bonds is 4. The Morgan fingerprint density at radius 1 is 1.18 bits per heavy atom. The SMILES string of the molecule is Cc1ccc(-c2nn(-c3ccccc3)cc2C(=O)N2CCC(C(=O)O)C2C)o1. The van der Waals surface area contributed by atoms with Crippen molar-refractivity contribution in [1.29, 1.82) is 0 Å². The van der Waals surface area contributed by atoms with Crippen LogP contribution in [0.25, 0.3) is 17.1 Å². The van der Waals surface area contributed by atoms with Crippen molar-refractivity contribution in [3.05, 3.63) is 60.0 Å². The van der Waals surface area contributed by atoms with Gasteiger partial charge < -0.3 is 14.4 Å². The van der Waals surface area contributed by atoms with Crippen molar-refractivity contribution in [2.24, 2.45) is 5.92 Å². The quantitative estimate of drug-likeness (QED) is 0.751. The Morgan fingerprint density at radius 2 is 1.93 bits per heavy atom. The molecule has 1 aliphatic rings. The molecule has 4 rings (SSSR count). The number of amides is 1. The molecule has 7 nitrogen and oxygen atoms in total. The third kappa shape index (κ3) is 3.09. The molecule has 2 aromatic heterocycles. The lowest BCUT2D eigenvalue weighted by molar-refractivity contribution is -0.142. The second kappa shape index (κ2) is 6.99. The molecular weight excluding hydrogens is 358 g/mol. The van der Waals surface area contributed by atoms with Gasteiger partial charge in [0.2, 0.25) is 0 Å². The van der Waals surface area contributed by atoms with E-state index in [-0.39, 0.29) is 11.9 Å². The van der Waals surface area contributed by atoms with Crippen LogP contribution in [0.3, 0.4) is 0 Å². The van der Waals surface area contributed by atoms with Crippen LogP contribution in [0.15, 0.2) is 53.1 Å². The molecule has 1 aromatic carbocycles. The van der Waals surface area contributed by atoms with E-state index in [1.165, 1.54) is 0 Å². The number of likely N-dealkylation sites (tertiary alicyclic amines) is 1. The molecule has 2 atom stereocenters. The monoisotopic (exact) mass is 379 g/mol. The number of carboxylic acids is 1. The fourth-order valence-electron chi connectivity index (χ4n) is 3.70. The van der Waals surface area contributed by atoms with Gasteiger partial charge in [-0.25, -0.2) is 4.68 Å². The second-order valence-corrected chi connectivity index (χ2v) is 7.05. The standard InChI is InChI=1S/C21H21N3O4/c1-13-8-9-18(28-13)19-17(12-24(22-19)15-6-4-3-5-7-15)20(25)23-11-10-16(14(23)2)21(26)27/h3-9,12,14,16H,10-11H2,1-2H3,(H,26,27). The highest BCUT2D eigenvalue weighted by molar-refractivity contribution is 6.00. The summed E-state index contributed by atoms with van der Waals surface area (Å²) >= 11 is 0. The number of hydrogen-bond acceptors (Lipinski definition) is 4. The van der Waals surface area contributed by atoms with E-state index in [1.807, 2.05) is 43.3 Å². The largest absolute Gasteiger partial charge is 0.481 e. The van der Waals surface area contributed by atoms with Gasteiger partial charge in [0, 0.05) is 18.8 Å². The first-order valence-corrected chi connectivity index (χ1v) is 9.21. The fraction of sp³-hybridized carbons (Fsp3) is 0.286. The Morgan fingerprint density at radius 3 is 2.54 bits per heavy atom. The van der Waals surface area contributed by atoms with Gasteiger partial charge in [0.15, 0.2) is 5.76 Å². The number of carboxylic acid groups (broad SMARTS) is 1. The summed E-state index contributed by atoms with van der Waals surface area (Å²) in [4.78, 5) is 26.4. The fourth-order valence-corrected chi connectivity index (χ4v) is 3.70. The van der Waals surface area contributed by atoms with Crippen molar-refractivity contribution >= 4 is 11.9 Å². The Balaban J connectivity index is 1.76. The molecule has 0 saturated carbocycles. The first-order valence-electron chi connectivity index (χ1n) is 9.21. The number of nitrogens with zero attached hydrogens (tertiary/aromatic N) is 3. The number of aliphatic carboxylic acids is 1. The van der Waals surface area contributed by atoms with Crippen molar-refractivity contribution in [3.8, 4) is 17.1 Å². The van der Waals surface area contributed by atoms with Crippen LogP contribution in [0, 0.1) is 12.8 Å². The summed E-state index contributed by atoms with van der Waals surface area (Å²) in [6, 6.07) is 12.7. The molecule has 0 bridgehead atoms. The Bertz CT molecular complexity index is 1020. The molecule has 7 heteroatoms. The summed E-state index contributed by atoms with van der Waals surface area (Å²) in [5, 5.41) is 14.0. The van der Waals surface area contributed by atoms with Crippen LogP contribution < -0.4 is 0 Å². The summed E-state index contributed by atoms with van der Waals surface area (Å²) in [7, 11) is 0. The third-order valence-corrected chi connectivity index (χ3v) is 5.27. The van der Waals surface area contributed by atoms with Crippen molar-refractivity contribution in [2.45, 2.75) is 26.3 Å². The highest BCUT2D eigenvalue weighted by Crippen LogP contribution is 2.31. The predicted molar refractivity (Wildman–Crippen MR) is 102 cm³/mol. The van der Waals surface area contributed by atoms with Crippen LogP contribution in [0.4, 0.5) is 0 Å². The minimum atomic E-state index is -0.871. The van der Waals surface area contributed by atoms with Gasteiger partial charge in [-0.15, -0.1) is 0 Å². The molecule has 2 unspecified atom stereocenters. The average molecular weight is 379 g/mol. The second-order valence-electron chi connectivity index (χ2n) is 7.05. The summed E-state index contributed by atoms with van der Waals surface area (Å²) in [6.45, 7) is 4.02. The van der Waals surface area contributed by atoms with Gasteiger partial charge in [-0.05, 0) is 44.5 Å². The molecule has 28 heavy (non-hydrogen) atoms. The van der Waals surface area contributed by atoms with Crippen LogP contribution in [-0.4, -0.2) is 44.3 Å². The van der Waals surface area contributed by atoms with E-state index in [0.717, 1.165) is 11.4 Å². The van der Waals surface area contributed by atoms with Gasteiger partial charge in [0.1, 0.15) is 11.5 Å². The van der Waals surface area contributed by atoms with E-state index in [1.54, 1.807) is 28.8 Å². The van der Waals surface area contributed by atoms with E-state index >= 15 is 0 Å². The van der Waals surface area contributed by atoms with Crippen molar-refractivity contribution in [1.82, 2.24) is 14.7 Å².